The molecule has 2 aliphatic carbocycles. The summed E-state index contributed by atoms with van der Waals surface area (Å²) in [6.07, 6.45) is 8.91. The number of carbonyl (C=O) groups is 1. The molecule has 2 saturated carbocycles. The molecular weight excluding hydrogens is 148 g/mol. The van der Waals surface area contributed by atoms with E-state index in [1.807, 2.05) is 0 Å². The van der Waals surface area contributed by atoms with Crippen molar-refractivity contribution in [1.29, 1.82) is 0 Å². The fraction of sp³-hybridized carbons (Fsp3) is 0.727. The van der Waals surface area contributed by atoms with Gasteiger partial charge >= 0.3 is 0 Å². The standard InChI is InChI=1S/C11H16O/c1-2-3-4-9-8-5-6-10(9)11(12)7-8/h3-4,8-10H,2,5-7H2,1H3/b4-3+/t8-,9+,10-/m1/s1. The van der Waals surface area contributed by atoms with Crippen molar-refractivity contribution in [3.63, 3.8) is 0 Å². The molecular formula is C11H16O. The molecule has 0 aromatic carbocycles. The Balaban J connectivity index is 2.08. The molecule has 2 bridgehead atoms. The van der Waals surface area contributed by atoms with Crippen molar-refractivity contribution >= 4 is 5.78 Å². The predicted octanol–water partition coefficient (Wildman–Crippen LogP) is 2.57. The third-order valence-corrected chi connectivity index (χ3v) is 3.33. The molecule has 0 unspecified atom stereocenters. The summed E-state index contributed by atoms with van der Waals surface area (Å²) in [6.45, 7) is 2.15. The second-order valence-electron chi connectivity index (χ2n) is 4.03. The quantitative estimate of drug-likeness (QED) is 0.573. The van der Waals surface area contributed by atoms with Gasteiger partial charge in [-0.05, 0) is 31.1 Å². The van der Waals surface area contributed by atoms with Crippen LogP contribution in [0.2, 0.25) is 0 Å². The molecule has 0 amide bonds. The lowest BCUT2D eigenvalue weighted by molar-refractivity contribution is -0.121. The first kappa shape index (κ1) is 8.03. The summed E-state index contributed by atoms with van der Waals surface area (Å²) in [6, 6.07) is 0. The molecule has 2 rings (SSSR count). The molecule has 2 fully saturated rings. The van der Waals surface area contributed by atoms with Gasteiger partial charge in [-0.3, -0.25) is 4.79 Å². The highest BCUT2D eigenvalue weighted by molar-refractivity contribution is 5.85. The van der Waals surface area contributed by atoms with E-state index in [-0.39, 0.29) is 0 Å². The fourth-order valence-electron chi connectivity index (χ4n) is 2.72. The van der Waals surface area contributed by atoms with Crippen LogP contribution in [-0.2, 0) is 4.79 Å². The van der Waals surface area contributed by atoms with Crippen LogP contribution in [0, 0.1) is 17.8 Å². The molecule has 3 atom stereocenters. The molecule has 2 aliphatic rings. The van der Waals surface area contributed by atoms with Gasteiger partial charge in [-0.15, -0.1) is 0 Å². The summed E-state index contributed by atoms with van der Waals surface area (Å²) in [5, 5.41) is 0. The van der Waals surface area contributed by atoms with Crippen LogP contribution in [0.3, 0.4) is 0 Å². The lowest BCUT2D eigenvalue weighted by atomic mass is 9.97. The summed E-state index contributed by atoms with van der Waals surface area (Å²) < 4.78 is 0. The average Bonchev–Trinajstić information content (AvgIpc) is 2.56. The van der Waals surface area contributed by atoms with Crippen LogP contribution < -0.4 is 0 Å². The van der Waals surface area contributed by atoms with E-state index in [0.29, 0.717) is 23.5 Å². The maximum Gasteiger partial charge on any atom is 0.136 e. The van der Waals surface area contributed by atoms with E-state index in [9.17, 15) is 4.79 Å². The molecule has 0 N–H and O–H groups in total. The summed E-state index contributed by atoms with van der Waals surface area (Å²) in [7, 11) is 0. The van der Waals surface area contributed by atoms with E-state index < -0.39 is 0 Å². The Bertz CT molecular complexity index is 217. The molecule has 0 radical (unpaired) electrons. The second kappa shape index (κ2) is 3.04. The molecule has 1 nitrogen and oxygen atoms in total. The number of allylic oxidation sites excluding steroid dienone is 2. The minimum Gasteiger partial charge on any atom is -0.299 e. The molecule has 1 heteroatoms. The Morgan fingerprint density at radius 2 is 2.33 bits per heavy atom. The van der Waals surface area contributed by atoms with Crippen molar-refractivity contribution in [2.45, 2.75) is 32.6 Å². The molecule has 0 saturated heterocycles. The minimum absolute atomic E-state index is 0.401. The number of hydrogen-bond donors (Lipinski definition) is 0. The van der Waals surface area contributed by atoms with E-state index in [1.54, 1.807) is 0 Å². The smallest absolute Gasteiger partial charge is 0.136 e. The molecule has 12 heavy (non-hydrogen) atoms. The van der Waals surface area contributed by atoms with Crippen LogP contribution in [0.25, 0.3) is 0 Å². The molecule has 0 aromatic heterocycles. The Morgan fingerprint density at radius 1 is 1.50 bits per heavy atom. The molecule has 0 aromatic rings. The van der Waals surface area contributed by atoms with Gasteiger partial charge in [0.15, 0.2) is 0 Å². The number of hydrogen-bond acceptors (Lipinski definition) is 1. The highest BCUT2D eigenvalue weighted by atomic mass is 16.1. The number of carbonyl (C=O) groups excluding carboxylic acids is 1. The summed E-state index contributed by atoms with van der Waals surface area (Å²) in [5.41, 5.74) is 0. The third-order valence-electron chi connectivity index (χ3n) is 3.33. The SMILES string of the molecule is CC/C=C/[C@H]1[C@@H]2CC[C@H]1C(=O)C2. The van der Waals surface area contributed by atoms with Crippen LogP contribution in [0.5, 0.6) is 0 Å². The van der Waals surface area contributed by atoms with Gasteiger partial charge in [-0.2, -0.15) is 0 Å². The number of fused-ring (bicyclic) bond motifs is 2. The van der Waals surface area contributed by atoms with E-state index in [2.05, 4.69) is 19.1 Å². The topological polar surface area (TPSA) is 17.1 Å². The van der Waals surface area contributed by atoms with Crippen molar-refractivity contribution in [2.24, 2.45) is 17.8 Å². The Morgan fingerprint density at radius 3 is 2.83 bits per heavy atom. The minimum atomic E-state index is 0.401. The van der Waals surface area contributed by atoms with Gasteiger partial charge in [0.25, 0.3) is 0 Å². The van der Waals surface area contributed by atoms with Crippen molar-refractivity contribution < 1.29 is 4.79 Å². The van der Waals surface area contributed by atoms with E-state index in [1.165, 1.54) is 6.42 Å². The Kier molecular flexibility index (Phi) is 2.03. The zero-order valence-corrected chi connectivity index (χ0v) is 7.62. The molecule has 0 spiro atoms. The van der Waals surface area contributed by atoms with Crippen LogP contribution in [-0.4, -0.2) is 5.78 Å². The van der Waals surface area contributed by atoms with Crippen LogP contribution in [0.4, 0.5) is 0 Å². The lowest BCUT2D eigenvalue weighted by Gasteiger charge is -2.06. The monoisotopic (exact) mass is 164 g/mol. The van der Waals surface area contributed by atoms with Gasteiger partial charge < -0.3 is 0 Å². The lowest BCUT2D eigenvalue weighted by Crippen LogP contribution is -2.09. The van der Waals surface area contributed by atoms with Crippen molar-refractivity contribution in [3.8, 4) is 0 Å². The Hall–Kier alpha value is -0.590. The number of Topliss-reactive ketones (excluding diaryl/α,β-unsaturated/α-hetero) is 1. The fourth-order valence-corrected chi connectivity index (χ4v) is 2.72. The molecule has 0 aliphatic heterocycles. The van der Waals surface area contributed by atoms with E-state index in [4.69, 9.17) is 0 Å². The van der Waals surface area contributed by atoms with Crippen molar-refractivity contribution in [1.82, 2.24) is 0 Å². The predicted molar refractivity (Wildman–Crippen MR) is 48.8 cm³/mol. The Labute approximate surface area is 73.8 Å². The van der Waals surface area contributed by atoms with Gasteiger partial charge in [0.2, 0.25) is 0 Å². The van der Waals surface area contributed by atoms with Crippen molar-refractivity contribution in [3.05, 3.63) is 12.2 Å². The highest BCUT2D eigenvalue weighted by Gasteiger charge is 2.45. The van der Waals surface area contributed by atoms with Crippen LogP contribution >= 0.6 is 0 Å². The summed E-state index contributed by atoms with van der Waals surface area (Å²) in [5.74, 6) is 2.23. The zero-order valence-electron chi connectivity index (χ0n) is 7.62. The van der Waals surface area contributed by atoms with Gasteiger partial charge in [-0.25, -0.2) is 0 Å². The number of rotatable bonds is 2. The average molecular weight is 164 g/mol. The first-order chi connectivity index (χ1) is 5.83. The highest BCUT2D eigenvalue weighted by Crippen LogP contribution is 2.47. The normalized spacial score (nSPS) is 40.1. The third kappa shape index (κ3) is 1.12. The van der Waals surface area contributed by atoms with Gasteiger partial charge in [0, 0.05) is 12.3 Å². The maximum atomic E-state index is 11.4. The van der Waals surface area contributed by atoms with Gasteiger partial charge in [0.05, 0.1) is 0 Å². The molecule has 0 heterocycles. The second-order valence-corrected chi connectivity index (χ2v) is 4.03. The maximum absolute atomic E-state index is 11.4. The van der Waals surface area contributed by atoms with E-state index >= 15 is 0 Å². The van der Waals surface area contributed by atoms with Crippen molar-refractivity contribution in [2.75, 3.05) is 0 Å². The zero-order chi connectivity index (χ0) is 8.55. The number of ketones is 1. The summed E-state index contributed by atoms with van der Waals surface area (Å²) in [4.78, 5) is 11.4. The first-order valence-corrected chi connectivity index (χ1v) is 5.02. The van der Waals surface area contributed by atoms with E-state index in [0.717, 1.165) is 19.3 Å². The molecule has 66 valence electrons. The van der Waals surface area contributed by atoms with Gasteiger partial charge in [0.1, 0.15) is 5.78 Å². The van der Waals surface area contributed by atoms with Gasteiger partial charge in [-0.1, -0.05) is 19.1 Å². The van der Waals surface area contributed by atoms with Crippen LogP contribution in [0.15, 0.2) is 12.2 Å². The first-order valence-electron chi connectivity index (χ1n) is 5.02. The largest absolute Gasteiger partial charge is 0.299 e. The van der Waals surface area contributed by atoms with Crippen LogP contribution in [0.1, 0.15) is 32.6 Å². The summed E-state index contributed by atoms with van der Waals surface area (Å²) >= 11 is 0.